The summed E-state index contributed by atoms with van der Waals surface area (Å²) in [6.07, 6.45) is 4.07. The molecule has 1 spiro atoms. The first-order valence-electron chi connectivity index (χ1n) is 12.2. The summed E-state index contributed by atoms with van der Waals surface area (Å²) in [6.45, 7) is 5.97. The van der Waals surface area contributed by atoms with E-state index in [0.29, 0.717) is 46.3 Å². The second-order valence-electron chi connectivity index (χ2n) is 9.85. The fourth-order valence-corrected chi connectivity index (χ4v) is 6.06. The topological polar surface area (TPSA) is 54.0 Å². The van der Waals surface area contributed by atoms with Gasteiger partial charge in [0.2, 0.25) is 0 Å². The quantitative estimate of drug-likeness (QED) is 0.518. The van der Waals surface area contributed by atoms with Crippen molar-refractivity contribution in [2.45, 2.75) is 38.8 Å². The van der Waals surface area contributed by atoms with E-state index in [1.165, 1.54) is 0 Å². The van der Waals surface area contributed by atoms with Crippen molar-refractivity contribution < 1.29 is 14.3 Å². The van der Waals surface area contributed by atoms with Gasteiger partial charge in [-0.15, -0.1) is 0 Å². The Labute approximate surface area is 221 Å². The highest BCUT2D eigenvalue weighted by molar-refractivity contribution is 6.42. The van der Waals surface area contributed by atoms with E-state index in [1.54, 1.807) is 0 Å². The maximum atomic E-state index is 13.1. The third-order valence-corrected chi connectivity index (χ3v) is 8.18. The molecule has 2 saturated heterocycles. The summed E-state index contributed by atoms with van der Waals surface area (Å²) in [5, 5.41) is 4.76. The van der Waals surface area contributed by atoms with E-state index in [4.69, 9.17) is 44.3 Å². The molecule has 0 saturated carbocycles. The maximum Gasteiger partial charge on any atom is 0.317 e. The van der Waals surface area contributed by atoms with Gasteiger partial charge in [-0.05, 0) is 61.2 Å². The molecular weight excluding hydrogens is 509 g/mol. The number of fused-ring (bicyclic) bond motifs is 1. The largest absolute Gasteiger partial charge is 0.489 e. The van der Waals surface area contributed by atoms with E-state index in [-0.39, 0.29) is 11.4 Å². The molecule has 1 N–H and O–H groups in total. The number of urea groups is 1. The highest BCUT2D eigenvalue weighted by Crippen LogP contribution is 2.40. The van der Waals surface area contributed by atoms with Crippen LogP contribution in [0.2, 0.25) is 15.1 Å². The van der Waals surface area contributed by atoms with Crippen molar-refractivity contribution in [2.24, 2.45) is 5.41 Å². The molecule has 2 aromatic carbocycles. The highest BCUT2D eigenvalue weighted by Gasteiger charge is 2.42. The van der Waals surface area contributed by atoms with Crippen molar-refractivity contribution in [3.05, 3.63) is 56.5 Å². The molecule has 0 bridgehead atoms. The number of halogens is 3. The molecule has 6 nitrogen and oxygen atoms in total. The smallest absolute Gasteiger partial charge is 0.317 e. The van der Waals surface area contributed by atoms with E-state index >= 15 is 0 Å². The Hall–Kier alpha value is -1.86. The Morgan fingerprint density at radius 1 is 0.914 bits per heavy atom. The van der Waals surface area contributed by atoms with Crippen LogP contribution in [0.15, 0.2) is 30.3 Å². The minimum Gasteiger partial charge on any atom is -0.489 e. The molecule has 2 aromatic rings. The standard InChI is InChI=1S/C26H30Cl3N3O3/c27-20-4-3-18(11-21(20)28)15-31-8-6-26(16-31)5-1-7-32(17-26)25(33)30-14-19-12-22(29)24-23(13-19)34-9-2-10-35-24/h3-4,11-13H,1-2,5-10,14-17H2,(H,30,33). The summed E-state index contributed by atoms with van der Waals surface area (Å²) >= 11 is 18.7. The highest BCUT2D eigenvalue weighted by atomic mass is 35.5. The van der Waals surface area contributed by atoms with Gasteiger partial charge in [-0.25, -0.2) is 4.79 Å². The Kier molecular flexibility index (Phi) is 7.54. The van der Waals surface area contributed by atoms with Gasteiger partial charge in [0, 0.05) is 44.6 Å². The van der Waals surface area contributed by atoms with Gasteiger partial charge in [0.1, 0.15) is 0 Å². The van der Waals surface area contributed by atoms with Gasteiger partial charge >= 0.3 is 6.03 Å². The number of carbonyl (C=O) groups is 1. The number of rotatable bonds is 4. The SMILES string of the molecule is O=C(NCc1cc(Cl)c2c(c1)OCCCO2)N1CCCC2(CCN(Cc3ccc(Cl)c(Cl)c3)C2)C1. The van der Waals surface area contributed by atoms with E-state index < -0.39 is 0 Å². The van der Waals surface area contributed by atoms with Gasteiger partial charge in [-0.1, -0.05) is 40.9 Å². The number of piperidine rings is 1. The zero-order valence-corrected chi connectivity index (χ0v) is 21.9. The molecule has 0 aromatic heterocycles. The Bertz CT molecular complexity index is 1100. The second kappa shape index (κ2) is 10.6. The fraction of sp³-hybridized carbons (Fsp3) is 0.500. The van der Waals surface area contributed by atoms with Crippen molar-refractivity contribution in [3.8, 4) is 11.5 Å². The first-order chi connectivity index (χ1) is 16.9. The summed E-state index contributed by atoms with van der Waals surface area (Å²) in [4.78, 5) is 17.5. The minimum atomic E-state index is -0.0322. The van der Waals surface area contributed by atoms with Crippen molar-refractivity contribution in [3.63, 3.8) is 0 Å². The molecule has 188 valence electrons. The van der Waals surface area contributed by atoms with Crippen molar-refractivity contribution >= 4 is 40.8 Å². The normalized spacial score (nSPS) is 22.3. The van der Waals surface area contributed by atoms with Gasteiger partial charge in [-0.2, -0.15) is 0 Å². The van der Waals surface area contributed by atoms with Gasteiger partial charge in [-0.3, -0.25) is 4.90 Å². The van der Waals surface area contributed by atoms with Crippen LogP contribution < -0.4 is 14.8 Å². The molecule has 3 aliphatic heterocycles. The average molecular weight is 539 g/mol. The van der Waals surface area contributed by atoms with Gasteiger partial charge in [0.15, 0.2) is 11.5 Å². The van der Waals surface area contributed by atoms with Crippen LogP contribution in [0, 0.1) is 5.41 Å². The summed E-state index contributed by atoms with van der Waals surface area (Å²) in [5.74, 6) is 1.23. The molecule has 2 amide bonds. The number of nitrogens with one attached hydrogen (secondary N) is 1. The predicted molar refractivity (Wildman–Crippen MR) is 139 cm³/mol. The van der Waals surface area contributed by atoms with Crippen LogP contribution in [-0.2, 0) is 13.1 Å². The van der Waals surface area contributed by atoms with Gasteiger partial charge in [0.25, 0.3) is 0 Å². The summed E-state index contributed by atoms with van der Waals surface area (Å²) < 4.78 is 11.5. The lowest BCUT2D eigenvalue weighted by Gasteiger charge is -2.40. The molecule has 3 aliphatic rings. The molecule has 0 aliphatic carbocycles. The van der Waals surface area contributed by atoms with E-state index in [1.807, 2.05) is 35.2 Å². The van der Waals surface area contributed by atoms with Crippen LogP contribution in [0.3, 0.4) is 0 Å². The molecule has 2 fully saturated rings. The Morgan fingerprint density at radius 2 is 1.74 bits per heavy atom. The minimum absolute atomic E-state index is 0.0322. The summed E-state index contributed by atoms with van der Waals surface area (Å²) in [5.41, 5.74) is 2.20. The first-order valence-corrected chi connectivity index (χ1v) is 13.3. The van der Waals surface area contributed by atoms with E-state index in [2.05, 4.69) is 10.2 Å². The predicted octanol–water partition coefficient (Wildman–Crippen LogP) is 6.01. The summed E-state index contributed by atoms with van der Waals surface area (Å²) in [7, 11) is 0. The second-order valence-corrected chi connectivity index (χ2v) is 11.1. The van der Waals surface area contributed by atoms with Gasteiger partial charge in [0.05, 0.1) is 28.3 Å². The third kappa shape index (κ3) is 5.77. The number of likely N-dealkylation sites (tertiary alicyclic amines) is 2. The van der Waals surface area contributed by atoms with Crippen LogP contribution in [0.5, 0.6) is 11.5 Å². The number of carbonyl (C=O) groups excluding carboxylic acids is 1. The van der Waals surface area contributed by atoms with Crippen LogP contribution >= 0.6 is 34.8 Å². The van der Waals surface area contributed by atoms with E-state index in [0.717, 1.165) is 69.5 Å². The third-order valence-electron chi connectivity index (χ3n) is 7.16. The zero-order valence-electron chi connectivity index (χ0n) is 19.6. The van der Waals surface area contributed by atoms with Crippen LogP contribution in [0.25, 0.3) is 0 Å². The lowest BCUT2D eigenvalue weighted by molar-refractivity contribution is 0.107. The van der Waals surface area contributed by atoms with Gasteiger partial charge < -0.3 is 19.7 Å². The number of benzene rings is 2. The number of hydrogen-bond acceptors (Lipinski definition) is 4. The fourth-order valence-electron chi connectivity index (χ4n) is 5.45. The zero-order chi connectivity index (χ0) is 24.4. The maximum absolute atomic E-state index is 13.1. The van der Waals surface area contributed by atoms with Crippen LogP contribution in [0.1, 0.15) is 36.8 Å². The summed E-state index contributed by atoms with van der Waals surface area (Å²) in [6, 6.07) is 9.55. The molecule has 1 unspecified atom stereocenters. The average Bonchev–Trinajstić information content (AvgIpc) is 3.05. The van der Waals surface area contributed by atoms with Crippen molar-refractivity contribution in [1.82, 2.24) is 15.1 Å². The Balaban J connectivity index is 1.17. The van der Waals surface area contributed by atoms with Crippen molar-refractivity contribution in [2.75, 3.05) is 39.4 Å². The molecule has 9 heteroatoms. The van der Waals surface area contributed by atoms with Crippen LogP contribution in [0.4, 0.5) is 4.79 Å². The number of nitrogens with zero attached hydrogens (tertiary/aromatic N) is 2. The monoisotopic (exact) mass is 537 g/mol. The molecular formula is C26H30Cl3N3O3. The first kappa shape index (κ1) is 24.8. The number of amides is 2. The van der Waals surface area contributed by atoms with Crippen molar-refractivity contribution in [1.29, 1.82) is 0 Å². The molecule has 3 heterocycles. The molecule has 5 rings (SSSR count). The molecule has 35 heavy (non-hydrogen) atoms. The number of ether oxygens (including phenoxy) is 2. The lowest BCUT2D eigenvalue weighted by Crippen LogP contribution is -2.50. The van der Waals surface area contributed by atoms with E-state index in [9.17, 15) is 4.79 Å². The molecule has 1 atom stereocenters. The van der Waals surface area contributed by atoms with Crippen LogP contribution in [-0.4, -0.2) is 55.2 Å². The lowest BCUT2D eigenvalue weighted by atomic mass is 9.79. The number of hydrogen-bond donors (Lipinski definition) is 1. The Morgan fingerprint density at radius 3 is 2.60 bits per heavy atom. The molecule has 0 radical (unpaired) electrons.